The van der Waals surface area contributed by atoms with Gasteiger partial charge in [-0.1, -0.05) is 44.0 Å². The minimum atomic E-state index is -0.538. The maximum atomic E-state index is 11.3. The molecule has 2 aliphatic rings. The van der Waals surface area contributed by atoms with E-state index in [4.69, 9.17) is 0 Å². The molecule has 0 bridgehead atoms. The van der Waals surface area contributed by atoms with Crippen LogP contribution in [0.2, 0.25) is 0 Å². The van der Waals surface area contributed by atoms with E-state index >= 15 is 0 Å². The van der Waals surface area contributed by atoms with Crippen LogP contribution in [0.15, 0.2) is 24.3 Å². The topological polar surface area (TPSA) is 20.2 Å². The molecule has 0 saturated heterocycles. The molecule has 1 fully saturated rings. The van der Waals surface area contributed by atoms with Crippen molar-refractivity contribution in [2.75, 3.05) is 0 Å². The number of aryl methyl sites for hydroxylation is 1. The van der Waals surface area contributed by atoms with Crippen molar-refractivity contribution in [2.45, 2.75) is 57.5 Å². The van der Waals surface area contributed by atoms with E-state index in [1.165, 1.54) is 36.8 Å². The van der Waals surface area contributed by atoms with Crippen molar-refractivity contribution in [3.8, 4) is 0 Å². The molecule has 0 radical (unpaired) electrons. The molecule has 1 aromatic rings. The van der Waals surface area contributed by atoms with Gasteiger partial charge >= 0.3 is 0 Å². The molecule has 1 N–H and O–H groups in total. The fourth-order valence-corrected chi connectivity index (χ4v) is 4.14. The van der Waals surface area contributed by atoms with Crippen molar-refractivity contribution in [3.63, 3.8) is 0 Å². The Bertz CT molecular complexity index is 425. The van der Waals surface area contributed by atoms with Gasteiger partial charge in [0.15, 0.2) is 0 Å². The summed E-state index contributed by atoms with van der Waals surface area (Å²) < 4.78 is 0. The number of hydrogen-bond donors (Lipinski definition) is 1. The molecule has 1 heteroatoms. The summed E-state index contributed by atoms with van der Waals surface area (Å²) in [5, 5.41) is 11.3. The Morgan fingerprint density at radius 2 is 2.00 bits per heavy atom. The van der Waals surface area contributed by atoms with Crippen LogP contribution in [0.1, 0.15) is 56.6 Å². The van der Waals surface area contributed by atoms with Gasteiger partial charge in [-0.3, -0.25) is 0 Å². The van der Waals surface area contributed by atoms with E-state index < -0.39 is 5.60 Å². The summed E-state index contributed by atoms with van der Waals surface area (Å²) >= 11 is 0. The van der Waals surface area contributed by atoms with Crippen LogP contribution in [0.25, 0.3) is 0 Å². The van der Waals surface area contributed by atoms with E-state index in [1.54, 1.807) is 0 Å². The van der Waals surface area contributed by atoms with Crippen LogP contribution < -0.4 is 0 Å². The third-order valence-electron chi connectivity index (χ3n) is 5.10. The predicted octanol–water partition coefficient (Wildman–Crippen LogP) is 4.04. The fourth-order valence-electron chi connectivity index (χ4n) is 4.14. The molecule has 98 valence electrons. The van der Waals surface area contributed by atoms with Gasteiger partial charge in [-0.15, -0.1) is 0 Å². The van der Waals surface area contributed by atoms with Crippen molar-refractivity contribution in [3.05, 3.63) is 35.4 Å². The highest BCUT2D eigenvalue weighted by Crippen LogP contribution is 2.47. The molecule has 0 spiro atoms. The predicted molar refractivity (Wildman–Crippen MR) is 74.4 cm³/mol. The number of hydrogen-bond acceptors (Lipinski definition) is 1. The summed E-state index contributed by atoms with van der Waals surface area (Å²) in [5.74, 6) is 1.25. The first-order valence-electron chi connectivity index (χ1n) is 7.51. The standard InChI is InChI=1S/C17H24O/c1-13-6-4-9-15(12-13)17(18)11-5-8-14-7-2-3-10-16(14)17/h2-3,7,10,13,15,18H,4-6,8-9,11-12H2,1H3. The Hall–Kier alpha value is -0.820. The molecule has 1 nitrogen and oxygen atoms in total. The Labute approximate surface area is 110 Å². The van der Waals surface area contributed by atoms with Gasteiger partial charge in [-0.2, -0.15) is 0 Å². The van der Waals surface area contributed by atoms with Gasteiger partial charge < -0.3 is 5.11 Å². The lowest BCUT2D eigenvalue weighted by atomic mass is 9.65. The van der Waals surface area contributed by atoms with Gasteiger partial charge in [0, 0.05) is 0 Å². The minimum absolute atomic E-state index is 0.475. The first-order chi connectivity index (χ1) is 8.70. The average molecular weight is 244 g/mol. The quantitative estimate of drug-likeness (QED) is 0.790. The first-order valence-corrected chi connectivity index (χ1v) is 7.51. The minimum Gasteiger partial charge on any atom is -0.385 e. The third kappa shape index (κ3) is 1.99. The Balaban J connectivity index is 1.95. The summed E-state index contributed by atoms with van der Waals surface area (Å²) in [4.78, 5) is 0. The maximum Gasteiger partial charge on any atom is 0.0927 e. The molecule has 0 heterocycles. The van der Waals surface area contributed by atoms with Gasteiger partial charge in [0.1, 0.15) is 0 Å². The van der Waals surface area contributed by atoms with Crippen LogP contribution >= 0.6 is 0 Å². The molecule has 3 atom stereocenters. The van der Waals surface area contributed by atoms with Gasteiger partial charge in [0.05, 0.1) is 5.60 Å². The SMILES string of the molecule is CC1CCCC(C2(O)CCCc3ccccc32)C1. The highest BCUT2D eigenvalue weighted by atomic mass is 16.3. The monoisotopic (exact) mass is 244 g/mol. The van der Waals surface area contributed by atoms with E-state index in [9.17, 15) is 5.11 Å². The van der Waals surface area contributed by atoms with Crippen molar-refractivity contribution in [1.82, 2.24) is 0 Å². The molecule has 0 aromatic heterocycles. The van der Waals surface area contributed by atoms with E-state index in [0.717, 1.165) is 25.2 Å². The largest absolute Gasteiger partial charge is 0.385 e. The zero-order valence-electron chi connectivity index (χ0n) is 11.4. The van der Waals surface area contributed by atoms with Crippen LogP contribution in [-0.4, -0.2) is 5.11 Å². The van der Waals surface area contributed by atoms with Crippen LogP contribution in [0.4, 0.5) is 0 Å². The summed E-state index contributed by atoms with van der Waals surface area (Å²) in [6.45, 7) is 2.34. The lowest BCUT2D eigenvalue weighted by molar-refractivity contribution is -0.0592. The lowest BCUT2D eigenvalue weighted by Crippen LogP contribution is -2.40. The van der Waals surface area contributed by atoms with Crippen LogP contribution in [0, 0.1) is 11.8 Å². The van der Waals surface area contributed by atoms with Crippen molar-refractivity contribution in [1.29, 1.82) is 0 Å². The van der Waals surface area contributed by atoms with Gasteiger partial charge in [-0.05, 0) is 55.1 Å². The molecular weight excluding hydrogens is 220 g/mol. The average Bonchev–Trinajstić information content (AvgIpc) is 2.39. The smallest absolute Gasteiger partial charge is 0.0927 e. The Morgan fingerprint density at radius 3 is 2.83 bits per heavy atom. The second-order valence-corrected chi connectivity index (χ2v) is 6.40. The molecule has 0 amide bonds. The lowest BCUT2D eigenvalue weighted by Gasteiger charge is -2.44. The van der Waals surface area contributed by atoms with Crippen LogP contribution in [-0.2, 0) is 12.0 Å². The first kappa shape index (κ1) is 12.2. The number of fused-ring (bicyclic) bond motifs is 1. The van der Waals surface area contributed by atoms with E-state index in [2.05, 4.69) is 31.2 Å². The van der Waals surface area contributed by atoms with Crippen LogP contribution in [0.3, 0.4) is 0 Å². The number of aliphatic hydroxyl groups is 1. The van der Waals surface area contributed by atoms with E-state index in [0.29, 0.717) is 5.92 Å². The normalized spacial score (nSPS) is 36.1. The summed E-state index contributed by atoms with van der Waals surface area (Å²) in [6, 6.07) is 8.55. The van der Waals surface area contributed by atoms with Crippen LogP contribution in [0.5, 0.6) is 0 Å². The van der Waals surface area contributed by atoms with E-state index in [-0.39, 0.29) is 0 Å². The fraction of sp³-hybridized carbons (Fsp3) is 0.647. The molecule has 3 unspecified atom stereocenters. The Kier molecular flexibility index (Phi) is 3.19. The summed E-state index contributed by atoms with van der Waals surface area (Å²) in [5.41, 5.74) is 2.07. The van der Waals surface area contributed by atoms with Gasteiger partial charge in [-0.25, -0.2) is 0 Å². The summed E-state index contributed by atoms with van der Waals surface area (Å²) in [6.07, 6.45) is 8.27. The highest BCUT2D eigenvalue weighted by Gasteiger charge is 2.42. The zero-order valence-corrected chi connectivity index (χ0v) is 11.4. The molecule has 3 rings (SSSR count). The molecule has 0 aliphatic heterocycles. The molecule has 1 saturated carbocycles. The van der Waals surface area contributed by atoms with Crippen molar-refractivity contribution in [2.24, 2.45) is 11.8 Å². The zero-order chi connectivity index (χ0) is 12.6. The third-order valence-corrected chi connectivity index (χ3v) is 5.10. The number of rotatable bonds is 1. The highest BCUT2D eigenvalue weighted by molar-refractivity contribution is 5.35. The second kappa shape index (κ2) is 4.70. The number of benzene rings is 1. The van der Waals surface area contributed by atoms with Gasteiger partial charge in [0.25, 0.3) is 0 Å². The van der Waals surface area contributed by atoms with Crippen molar-refractivity contribution < 1.29 is 5.11 Å². The second-order valence-electron chi connectivity index (χ2n) is 6.40. The van der Waals surface area contributed by atoms with E-state index in [1.807, 2.05) is 0 Å². The van der Waals surface area contributed by atoms with Gasteiger partial charge in [0.2, 0.25) is 0 Å². The maximum absolute atomic E-state index is 11.3. The molecule has 18 heavy (non-hydrogen) atoms. The molecule has 1 aromatic carbocycles. The Morgan fingerprint density at radius 1 is 1.17 bits per heavy atom. The summed E-state index contributed by atoms with van der Waals surface area (Å²) in [7, 11) is 0. The molecular formula is C17H24O. The molecule has 2 aliphatic carbocycles. The van der Waals surface area contributed by atoms with Crippen molar-refractivity contribution >= 4 is 0 Å².